The molecular formula is C17H15FN2O3S. The van der Waals surface area contributed by atoms with Crippen molar-refractivity contribution in [2.45, 2.75) is 0 Å². The molecule has 124 valence electrons. The molecule has 5 nitrogen and oxygen atoms in total. The van der Waals surface area contributed by atoms with E-state index < -0.39 is 10.0 Å². The number of aromatic nitrogens is 1. The van der Waals surface area contributed by atoms with Crippen LogP contribution in [0.2, 0.25) is 0 Å². The van der Waals surface area contributed by atoms with E-state index in [1.807, 2.05) is 0 Å². The molecule has 0 atom stereocenters. The van der Waals surface area contributed by atoms with Crippen molar-refractivity contribution in [1.82, 2.24) is 4.98 Å². The fourth-order valence-electron chi connectivity index (χ4n) is 2.30. The normalized spacial score (nSPS) is 11.6. The number of benzene rings is 1. The maximum absolute atomic E-state index is 13.0. The summed E-state index contributed by atoms with van der Waals surface area (Å²) in [7, 11) is -2.05. The zero-order valence-corrected chi connectivity index (χ0v) is 14.0. The molecule has 0 aliphatic carbocycles. The molecular weight excluding hydrogens is 331 g/mol. The molecule has 1 aromatic carbocycles. The molecule has 0 saturated heterocycles. The van der Waals surface area contributed by atoms with Gasteiger partial charge >= 0.3 is 0 Å². The standard InChI is InChI=1S/C17H15FN2O3S/c1-4-11-9-13-10-15(12-5-7-14(18)8-6-12)23-17(13)19-16(11)20(2)24(3,21)22/h4-10H,1H2,2-3H3. The number of nitrogens with zero attached hydrogens (tertiary/aromatic N) is 2. The lowest BCUT2D eigenvalue weighted by molar-refractivity contribution is 0.599. The van der Waals surface area contributed by atoms with Gasteiger partial charge in [0, 0.05) is 23.6 Å². The average Bonchev–Trinajstić information content (AvgIpc) is 2.95. The van der Waals surface area contributed by atoms with Crippen LogP contribution in [0.5, 0.6) is 0 Å². The Morgan fingerprint density at radius 3 is 2.50 bits per heavy atom. The van der Waals surface area contributed by atoms with Gasteiger partial charge in [-0.2, -0.15) is 4.98 Å². The Hall–Kier alpha value is -2.67. The van der Waals surface area contributed by atoms with Gasteiger partial charge in [0.25, 0.3) is 0 Å². The smallest absolute Gasteiger partial charge is 0.233 e. The van der Waals surface area contributed by atoms with Crippen molar-refractivity contribution >= 4 is 33.0 Å². The van der Waals surface area contributed by atoms with E-state index in [4.69, 9.17) is 4.42 Å². The Morgan fingerprint density at radius 1 is 1.25 bits per heavy atom. The molecule has 2 heterocycles. The second-order valence-corrected chi connectivity index (χ2v) is 7.36. The topological polar surface area (TPSA) is 63.4 Å². The van der Waals surface area contributed by atoms with Crippen molar-refractivity contribution < 1.29 is 17.2 Å². The summed E-state index contributed by atoms with van der Waals surface area (Å²) >= 11 is 0. The zero-order chi connectivity index (χ0) is 17.5. The minimum Gasteiger partial charge on any atom is -0.438 e. The fraction of sp³-hybridized carbons (Fsp3) is 0.118. The molecule has 0 spiro atoms. The highest BCUT2D eigenvalue weighted by molar-refractivity contribution is 7.92. The zero-order valence-electron chi connectivity index (χ0n) is 13.2. The minimum absolute atomic E-state index is 0.236. The number of rotatable bonds is 4. The third-order valence-electron chi connectivity index (χ3n) is 3.66. The van der Waals surface area contributed by atoms with Crippen molar-refractivity contribution in [1.29, 1.82) is 0 Å². The first-order valence-electron chi connectivity index (χ1n) is 7.06. The predicted molar refractivity (Wildman–Crippen MR) is 92.7 cm³/mol. The van der Waals surface area contributed by atoms with Crippen LogP contribution in [0.3, 0.4) is 0 Å². The second-order valence-electron chi connectivity index (χ2n) is 5.35. The van der Waals surface area contributed by atoms with E-state index in [0.29, 0.717) is 28.0 Å². The number of pyridine rings is 1. The third-order valence-corrected chi connectivity index (χ3v) is 4.83. The maximum Gasteiger partial charge on any atom is 0.233 e. The van der Waals surface area contributed by atoms with Crippen LogP contribution in [0.25, 0.3) is 28.5 Å². The molecule has 2 aromatic heterocycles. The number of fused-ring (bicyclic) bond motifs is 1. The van der Waals surface area contributed by atoms with Gasteiger partial charge in [0.15, 0.2) is 5.82 Å². The number of anilines is 1. The van der Waals surface area contributed by atoms with Gasteiger partial charge in [0.1, 0.15) is 11.6 Å². The SMILES string of the molecule is C=Cc1cc2cc(-c3ccc(F)cc3)oc2nc1N(C)S(C)(=O)=O. The quantitative estimate of drug-likeness (QED) is 0.723. The van der Waals surface area contributed by atoms with Crippen molar-refractivity contribution in [3.05, 3.63) is 54.4 Å². The van der Waals surface area contributed by atoms with Crippen LogP contribution < -0.4 is 4.31 Å². The van der Waals surface area contributed by atoms with Crippen LogP contribution in [0.1, 0.15) is 5.56 Å². The molecule has 24 heavy (non-hydrogen) atoms. The Morgan fingerprint density at radius 2 is 1.92 bits per heavy atom. The first kappa shape index (κ1) is 16.2. The average molecular weight is 346 g/mol. The monoisotopic (exact) mass is 346 g/mol. The minimum atomic E-state index is -3.47. The van der Waals surface area contributed by atoms with Gasteiger partial charge in [0.2, 0.25) is 15.7 Å². The number of furan rings is 1. The second kappa shape index (κ2) is 5.76. The molecule has 7 heteroatoms. The summed E-state index contributed by atoms with van der Waals surface area (Å²) in [5, 5.41) is 0.704. The summed E-state index contributed by atoms with van der Waals surface area (Å²) in [6.45, 7) is 3.70. The van der Waals surface area contributed by atoms with E-state index in [0.717, 1.165) is 10.6 Å². The Bertz CT molecular complexity index is 1020. The van der Waals surface area contributed by atoms with Crippen molar-refractivity contribution in [2.75, 3.05) is 17.6 Å². The van der Waals surface area contributed by atoms with Crippen LogP contribution in [0.15, 0.2) is 47.4 Å². The largest absolute Gasteiger partial charge is 0.438 e. The summed E-state index contributed by atoms with van der Waals surface area (Å²) in [6, 6.07) is 9.41. The number of hydrogen-bond donors (Lipinski definition) is 0. The maximum atomic E-state index is 13.0. The van der Waals surface area contributed by atoms with E-state index in [1.165, 1.54) is 25.3 Å². The lowest BCUT2D eigenvalue weighted by Gasteiger charge is -2.17. The Kier molecular flexibility index (Phi) is 3.88. The van der Waals surface area contributed by atoms with Gasteiger partial charge in [-0.15, -0.1) is 0 Å². The molecule has 0 aliphatic heterocycles. The van der Waals surface area contributed by atoms with Crippen molar-refractivity contribution in [3.8, 4) is 11.3 Å². The third kappa shape index (κ3) is 2.90. The van der Waals surface area contributed by atoms with Crippen LogP contribution >= 0.6 is 0 Å². The predicted octanol–water partition coefficient (Wildman–Crippen LogP) is 3.67. The van der Waals surface area contributed by atoms with Crippen molar-refractivity contribution in [3.63, 3.8) is 0 Å². The Balaban J connectivity index is 2.16. The van der Waals surface area contributed by atoms with Crippen LogP contribution in [-0.4, -0.2) is 26.7 Å². The first-order valence-corrected chi connectivity index (χ1v) is 8.91. The summed E-state index contributed by atoms with van der Waals surface area (Å²) in [6.07, 6.45) is 2.63. The lowest BCUT2D eigenvalue weighted by atomic mass is 10.1. The first-order chi connectivity index (χ1) is 11.3. The van der Waals surface area contributed by atoms with E-state index in [1.54, 1.807) is 24.3 Å². The molecule has 0 radical (unpaired) electrons. The molecule has 0 fully saturated rings. The fourth-order valence-corrected chi connectivity index (χ4v) is 2.76. The van der Waals surface area contributed by atoms with Crippen LogP contribution in [0.4, 0.5) is 10.2 Å². The summed E-state index contributed by atoms with van der Waals surface area (Å²) < 4.78 is 43.4. The van der Waals surface area contributed by atoms with Crippen molar-refractivity contribution in [2.24, 2.45) is 0 Å². The summed E-state index contributed by atoms with van der Waals surface area (Å²) in [5.41, 5.74) is 1.57. The highest BCUT2D eigenvalue weighted by atomic mass is 32.2. The van der Waals surface area contributed by atoms with E-state index >= 15 is 0 Å². The number of hydrogen-bond acceptors (Lipinski definition) is 4. The molecule has 0 bridgehead atoms. The van der Waals surface area contributed by atoms with E-state index in [-0.39, 0.29) is 11.6 Å². The van der Waals surface area contributed by atoms with Gasteiger partial charge < -0.3 is 4.42 Å². The molecule has 0 unspecified atom stereocenters. The highest BCUT2D eigenvalue weighted by Crippen LogP contribution is 2.31. The molecule has 3 rings (SSSR count). The molecule has 0 N–H and O–H groups in total. The van der Waals surface area contributed by atoms with E-state index in [2.05, 4.69) is 11.6 Å². The Labute approximate surface area is 139 Å². The summed E-state index contributed by atoms with van der Waals surface area (Å²) in [5.74, 6) is 0.422. The van der Waals surface area contributed by atoms with Crippen LogP contribution in [-0.2, 0) is 10.0 Å². The van der Waals surface area contributed by atoms with Gasteiger partial charge in [0.05, 0.1) is 6.26 Å². The van der Waals surface area contributed by atoms with E-state index in [9.17, 15) is 12.8 Å². The van der Waals surface area contributed by atoms with Gasteiger partial charge in [-0.1, -0.05) is 12.7 Å². The molecule has 0 amide bonds. The number of sulfonamides is 1. The lowest BCUT2D eigenvalue weighted by Crippen LogP contribution is -2.26. The molecule has 3 aromatic rings. The summed E-state index contributed by atoms with van der Waals surface area (Å²) in [4.78, 5) is 4.31. The van der Waals surface area contributed by atoms with Gasteiger partial charge in [-0.05, 0) is 36.4 Å². The molecule has 0 saturated carbocycles. The number of halogens is 1. The highest BCUT2D eigenvalue weighted by Gasteiger charge is 2.19. The van der Waals surface area contributed by atoms with Crippen LogP contribution in [0, 0.1) is 5.82 Å². The molecule has 0 aliphatic rings. The van der Waals surface area contributed by atoms with Gasteiger partial charge in [-0.25, -0.2) is 12.8 Å². The van der Waals surface area contributed by atoms with Gasteiger partial charge in [-0.3, -0.25) is 4.31 Å².